The maximum Gasteiger partial charge on any atom is 0.253 e. The molecule has 3 N–H and O–H groups in total. The molecule has 0 radical (unpaired) electrons. The van der Waals surface area contributed by atoms with Crippen LogP contribution in [0.5, 0.6) is 0 Å². The first-order valence-corrected chi connectivity index (χ1v) is 7.31. The fourth-order valence-electron chi connectivity index (χ4n) is 2.91. The van der Waals surface area contributed by atoms with Gasteiger partial charge in [-0.25, -0.2) is 0 Å². The zero-order valence-corrected chi connectivity index (χ0v) is 13.5. The molecule has 0 atom stereocenters. The Hall–Kier alpha value is -2.00. The van der Waals surface area contributed by atoms with Crippen LogP contribution in [0, 0.1) is 6.92 Å². The fraction of sp³-hybridized carbons (Fsp3) is 0.278. The van der Waals surface area contributed by atoms with Gasteiger partial charge in [0.15, 0.2) is 0 Å². The summed E-state index contributed by atoms with van der Waals surface area (Å²) in [5, 5.41) is 3.05. The molecule has 0 saturated heterocycles. The Bertz CT molecular complexity index is 680. The SMILES string of the molecule is Cc1ccccc1C1(CNC(=O)c2ccccc2N)CC1.Cl. The van der Waals surface area contributed by atoms with Crippen LogP contribution in [0.2, 0.25) is 0 Å². The van der Waals surface area contributed by atoms with Gasteiger partial charge in [-0.05, 0) is 43.0 Å². The summed E-state index contributed by atoms with van der Waals surface area (Å²) >= 11 is 0. The Balaban J connectivity index is 0.00000176. The summed E-state index contributed by atoms with van der Waals surface area (Å²) in [7, 11) is 0. The van der Waals surface area contributed by atoms with Crippen LogP contribution >= 0.6 is 12.4 Å². The number of carbonyl (C=O) groups is 1. The van der Waals surface area contributed by atoms with E-state index in [-0.39, 0.29) is 23.7 Å². The first-order chi connectivity index (χ1) is 10.1. The number of rotatable bonds is 4. The monoisotopic (exact) mass is 316 g/mol. The first kappa shape index (κ1) is 16.4. The molecule has 0 spiro atoms. The summed E-state index contributed by atoms with van der Waals surface area (Å²) < 4.78 is 0. The minimum atomic E-state index is -0.0899. The molecule has 0 heterocycles. The molecule has 1 aliphatic carbocycles. The third-order valence-electron chi connectivity index (χ3n) is 4.36. The lowest BCUT2D eigenvalue weighted by Gasteiger charge is -2.19. The van der Waals surface area contributed by atoms with Crippen molar-refractivity contribution in [1.29, 1.82) is 0 Å². The third-order valence-corrected chi connectivity index (χ3v) is 4.36. The van der Waals surface area contributed by atoms with Crippen molar-refractivity contribution in [2.24, 2.45) is 0 Å². The quantitative estimate of drug-likeness (QED) is 0.849. The van der Waals surface area contributed by atoms with Crippen LogP contribution in [-0.4, -0.2) is 12.5 Å². The van der Waals surface area contributed by atoms with Crippen molar-refractivity contribution in [2.75, 3.05) is 12.3 Å². The zero-order valence-electron chi connectivity index (χ0n) is 12.6. The molecule has 1 aliphatic rings. The Kier molecular flexibility index (Phi) is 4.77. The van der Waals surface area contributed by atoms with Crippen LogP contribution in [0.1, 0.15) is 34.3 Å². The van der Waals surface area contributed by atoms with Gasteiger partial charge in [-0.3, -0.25) is 4.79 Å². The molecule has 1 saturated carbocycles. The molecule has 2 aromatic carbocycles. The molecule has 0 aliphatic heterocycles. The van der Waals surface area contributed by atoms with Gasteiger partial charge in [0.05, 0.1) is 5.56 Å². The highest BCUT2D eigenvalue weighted by atomic mass is 35.5. The lowest BCUT2D eigenvalue weighted by Crippen LogP contribution is -2.33. The number of nitrogens with two attached hydrogens (primary N) is 1. The molecular weight excluding hydrogens is 296 g/mol. The second-order valence-electron chi connectivity index (χ2n) is 5.87. The van der Waals surface area contributed by atoms with Crippen molar-refractivity contribution >= 4 is 24.0 Å². The summed E-state index contributed by atoms with van der Waals surface area (Å²) in [5.74, 6) is -0.0899. The average molecular weight is 317 g/mol. The highest BCUT2D eigenvalue weighted by Crippen LogP contribution is 2.48. The van der Waals surface area contributed by atoms with Crippen LogP contribution in [0.4, 0.5) is 5.69 Å². The normalized spacial score (nSPS) is 14.8. The number of nitrogens with one attached hydrogen (secondary N) is 1. The van der Waals surface area contributed by atoms with E-state index in [2.05, 4.69) is 36.5 Å². The molecular formula is C18H21ClN2O. The van der Waals surface area contributed by atoms with E-state index < -0.39 is 0 Å². The number of para-hydroxylation sites is 1. The van der Waals surface area contributed by atoms with Gasteiger partial charge in [-0.15, -0.1) is 12.4 Å². The number of amides is 1. The van der Waals surface area contributed by atoms with Crippen LogP contribution < -0.4 is 11.1 Å². The van der Waals surface area contributed by atoms with Gasteiger partial charge in [-0.2, -0.15) is 0 Å². The van der Waals surface area contributed by atoms with Crippen molar-refractivity contribution in [1.82, 2.24) is 5.32 Å². The predicted octanol–water partition coefficient (Wildman–Crippen LogP) is 3.46. The molecule has 3 rings (SSSR count). The van der Waals surface area contributed by atoms with Gasteiger partial charge in [0.1, 0.15) is 0 Å². The molecule has 1 amide bonds. The van der Waals surface area contributed by atoms with Crippen molar-refractivity contribution in [2.45, 2.75) is 25.2 Å². The smallest absolute Gasteiger partial charge is 0.253 e. The predicted molar refractivity (Wildman–Crippen MR) is 92.5 cm³/mol. The first-order valence-electron chi connectivity index (χ1n) is 7.31. The summed E-state index contributed by atoms with van der Waals surface area (Å²) in [6, 6.07) is 15.6. The van der Waals surface area contributed by atoms with Crippen molar-refractivity contribution in [3.63, 3.8) is 0 Å². The van der Waals surface area contributed by atoms with Crippen LogP contribution in [0.3, 0.4) is 0 Å². The van der Waals surface area contributed by atoms with Crippen molar-refractivity contribution < 1.29 is 4.79 Å². The van der Waals surface area contributed by atoms with E-state index in [1.54, 1.807) is 12.1 Å². The Morgan fingerprint density at radius 1 is 1.14 bits per heavy atom. The highest BCUT2D eigenvalue weighted by molar-refractivity contribution is 5.99. The molecule has 116 valence electrons. The summed E-state index contributed by atoms with van der Waals surface area (Å²) in [5.41, 5.74) is 9.69. The Morgan fingerprint density at radius 3 is 2.41 bits per heavy atom. The number of hydrogen-bond acceptors (Lipinski definition) is 2. The van der Waals surface area contributed by atoms with Gasteiger partial charge < -0.3 is 11.1 Å². The number of nitrogen functional groups attached to an aromatic ring is 1. The molecule has 0 unspecified atom stereocenters. The topological polar surface area (TPSA) is 55.1 Å². The Morgan fingerprint density at radius 2 is 1.77 bits per heavy atom. The summed E-state index contributed by atoms with van der Waals surface area (Å²) in [6.07, 6.45) is 2.25. The lowest BCUT2D eigenvalue weighted by atomic mass is 9.92. The maximum absolute atomic E-state index is 12.3. The van der Waals surface area contributed by atoms with Gasteiger partial charge in [0, 0.05) is 17.6 Å². The number of benzene rings is 2. The van der Waals surface area contributed by atoms with Crippen LogP contribution in [-0.2, 0) is 5.41 Å². The van der Waals surface area contributed by atoms with E-state index >= 15 is 0 Å². The minimum absolute atomic E-state index is 0. The fourth-order valence-corrected chi connectivity index (χ4v) is 2.91. The molecule has 1 fully saturated rings. The molecule has 3 nitrogen and oxygen atoms in total. The van der Waals surface area contributed by atoms with E-state index in [0.29, 0.717) is 17.8 Å². The summed E-state index contributed by atoms with van der Waals surface area (Å²) in [4.78, 5) is 12.3. The molecule has 0 bridgehead atoms. The molecule has 4 heteroatoms. The number of anilines is 1. The second-order valence-corrected chi connectivity index (χ2v) is 5.87. The molecule has 22 heavy (non-hydrogen) atoms. The third kappa shape index (κ3) is 3.09. The standard InChI is InChI=1S/C18H20N2O.ClH/c1-13-6-2-4-8-15(13)18(10-11-18)12-20-17(21)14-7-3-5-9-16(14)19;/h2-9H,10-12,19H2,1H3,(H,20,21);1H. The maximum atomic E-state index is 12.3. The number of carbonyl (C=O) groups excluding carboxylic acids is 1. The van der Waals surface area contributed by atoms with E-state index in [9.17, 15) is 4.79 Å². The van der Waals surface area contributed by atoms with Crippen molar-refractivity contribution in [3.8, 4) is 0 Å². The van der Waals surface area contributed by atoms with E-state index in [1.165, 1.54) is 11.1 Å². The number of halogens is 1. The molecule has 0 aromatic heterocycles. The summed E-state index contributed by atoms with van der Waals surface area (Å²) in [6.45, 7) is 2.80. The Labute approximate surface area is 137 Å². The second kappa shape index (κ2) is 6.41. The van der Waals surface area contributed by atoms with Gasteiger partial charge in [0.25, 0.3) is 5.91 Å². The van der Waals surface area contributed by atoms with Crippen LogP contribution in [0.25, 0.3) is 0 Å². The minimum Gasteiger partial charge on any atom is -0.398 e. The van der Waals surface area contributed by atoms with E-state index in [4.69, 9.17) is 5.73 Å². The average Bonchev–Trinajstić information content (AvgIpc) is 3.27. The largest absolute Gasteiger partial charge is 0.398 e. The van der Waals surface area contributed by atoms with Crippen molar-refractivity contribution in [3.05, 3.63) is 65.2 Å². The zero-order chi connectivity index (χ0) is 14.9. The van der Waals surface area contributed by atoms with Gasteiger partial charge >= 0.3 is 0 Å². The van der Waals surface area contributed by atoms with Crippen LogP contribution in [0.15, 0.2) is 48.5 Å². The number of hydrogen-bond donors (Lipinski definition) is 2. The lowest BCUT2D eigenvalue weighted by molar-refractivity contribution is 0.0950. The van der Waals surface area contributed by atoms with E-state index in [0.717, 1.165) is 12.8 Å². The van der Waals surface area contributed by atoms with Gasteiger partial charge in [0.2, 0.25) is 0 Å². The van der Waals surface area contributed by atoms with E-state index in [1.807, 2.05) is 12.1 Å². The van der Waals surface area contributed by atoms with Gasteiger partial charge in [-0.1, -0.05) is 36.4 Å². The highest BCUT2D eigenvalue weighted by Gasteiger charge is 2.45. The number of aryl methyl sites for hydroxylation is 1. The molecule has 2 aromatic rings.